The summed E-state index contributed by atoms with van der Waals surface area (Å²) in [7, 11) is 5.19. The van der Waals surface area contributed by atoms with Gasteiger partial charge in [-0.1, -0.05) is 0 Å². The molecule has 2 aromatic carbocycles. The van der Waals surface area contributed by atoms with Crippen LogP contribution >= 0.6 is 0 Å². The summed E-state index contributed by atoms with van der Waals surface area (Å²) in [6.07, 6.45) is 0. The van der Waals surface area contributed by atoms with Crippen LogP contribution in [0, 0.1) is 18.3 Å². The van der Waals surface area contributed by atoms with Gasteiger partial charge in [0.1, 0.15) is 6.54 Å². The zero-order valence-electron chi connectivity index (χ0n) is 15.6. The highest BCUT2D eigenvalue weighted by Crippen LogP contribution is 2.29. The number of nitrogens with zero attached hydrogens (tertiary/aromatic N) is 1. The first-order valence-corrected chi connectivity index (χ1v) is 8.29. The molecule has 1 atom stereocenters. The Bertz CT molecular complexity index is 810. The van der Waals surface area contributed by atoms with Gasteiger partial charge in [-0.05, 0) is 48.9 Å². The van der Waals surface area contributed by atoms with Crippen LogP contribution in [0.4, 0.5) is 5.69 Å². The minimum Gasteiger partial charge on any atom is -0.493 e. The molecule has 0 aliphatic rings. The number of quaternary nitrogens is 1. The second-order valence-corrected chi connectivity index (χ2v) is 6.18. The van der Waals surface area contributed by atoms with Crippen LogP contribution in [0.25, 0.3) is 0 Å². The maximum absolute atomic E-state index is 12.2. The molecule has 2 aromatic rings. The highest BCUT2D eigenvalue weighted by molar-refractivity contribution is 5.91. The number of ether oxygens (including phenoxy) is 2. The van der Waals surface area contributed by atoms with Gasteiger partial charge in [0.05, 0.1) is 32.9 Å². The van der Waals surface area contributed by atoms with Crippen LogP contribution in [0.15, 0.2) is 36.4 Å². The number of rotatable bonds is 7. The molecule has 136 valence electrons. The van der Waals surface area contributed by atoms with Gasteiger partial charge in [-0.15, -0.1) is 0 Å². The van der Waals surface area contributed by atoms with Gasteiger partial charge in [-0.2, -0.15) is 5.26 Å². The van der Waals surface area contributed by atoms with Crippen molar-refractivity contribution in [1.29, 1.82) is 5.26 Å². The van der Waals surface area contributed by atoms with E-state index in [2.05, 4.69) is 11.4 Å². The molecule has 1 unspecified atom stereocenters. The zero-order valence-corrected chi connectivity index (χ0v) is 15.6. The lowest BCUT2D eigenvalue weighted by molar-refractivity contribution is -0.885. The molecule has 0 aliphatic heterocycles. The van der Waals surface area contributed by atoms with Gasteiger partial charge in [0.25, 0.3) is 5.91 Å². The third kappa shape index (κ3) is 4.98. The standard InChI is InChI=1S/C20H23N3O3/c1-14-9-18(25-3)19(26-4)10-16(14)12-23(2)13-20(24)22-17-7-5-15(11-21)6-8-17/h5-10H,12-13H2,1-4H3,(H,22,24)/p+1. The average Bonchev–Trinajstić information content (AvgIpc) is 2.63. The van der Waals surface area contributed by atoms with E-state index in [1.54, 1.807) is 38.5 Å². The zero-order chi connectivity index (χ0) is 19.1. The number of hydrogen-bond donors (Lipinski definition) is 2. The Labute approximate surface area is 153 Å². The number of benzene rings is 2. The SMILES string of the molecule is COc1cc(C)c(C[NH+](C)CC(=O)Nc2ccc(C#N)cc2)cc1OC. The van der Waals surface area contributed by atoms with E-state index >= 15 is 0 Å². The second kappa shape index (κ2) is 8.88. The summed E-state index contributed by atoms with van der Waals surface area (Å²) in [6, 6.07) is 12.8. The van der Waals surface area contributed by atoms with Crippen molar-refractivity contribution in [3.05, 3.63) is 53.1 Å². The monoisotopic (exact) mass is 354 g/mol. The Morgan fingerprint density at radius 1 is 1.15 bits per heavy atom. The average molecular weight is 354 g/mol. The number of anilines is 1. The number of hydrogen-bond acceptors (Lipinski definition) is 4. The summed E-state index contributed by atoms with van der Waals surface area (Å²) in [5, 5.41) is 11.7. The Morgan fingerprint density at radius 3 is 2.35 bits per heavy atom. The summed E-state index contributed by atoms with van der Waals surface area (Å²) in [5.74, 6) is 1.30. The van der Waals surface area contributed by atoms with Gasteiger partial charge in [-0.3, -0.25) is 4.79 Å². The van der Waals surface area contributed by atoms with E-state index in [1.165, 1.54) is 0 Å². The molecule has 0 saturated heterocycles. The molecule has 0 aliphatic carbocycles. The van der Waals surface area contributed by atoms with Gasteiger partial charge in [0, 0.05) is 11.3 Å². The molecule has 26 heavy (non-hydrogen) atoms. The van der Waals surface area contributed by atoms with Crippen molar-refractivity contribution < 1.29 is 19.2 Å². The summed E-state index contributed by atoms with van der Waals surface area (Å²) >= 11 is 0. The molecular weight excluding hydrogens is 330 g/mol. The highest BCUT2D eigenvalue weighted by atomic mass is 16.5. The number of carbonyl (C=O) groups excluding carboxylic acids is 1. The van der Waals surface area contributed by atoms with E-state index in [4.69, 9.17) is 14.7 Å². The first-order valence-electron chi connectivity index (χ1n) is 8.29. The van der Waals surface area contributed by atoms with E-state index in [0.717, 1.165) is 16.0 Å². The number of aryl methyl sites for hydroxylation is 1. The smallest absolute Gasteiger partial charge is 0.279 e. The minimum absolute atomic E-state index is 0.0784. The normalized spacial score (nSPS) is 11.3. The number of carbonyl (C=O) groups is 1. The fourth-order valence-electron chi connectivity index (χ4n) is 2.71. The maximum Gasteiger partial charge on any atom is 0.279 e. The number of nitrogens with one attached hydrogen (secondary N) is 2. The summed E-state index contributed by atoms with van der Waals surface area (Å²) < 4.78 is 10.7. The van der Waals surface area contributed by atoms with Gasteiger partial charge in [-0.25, -0.2) is 0 Å². The third-order valence-electron chi connectivity index (χ3n) is 4.09. The largest absolute Gasteiger partial charge is 0.493 e. The fraction of sp³-hybridized carbons (Fsp3) is 0.300. The first kappa shape index (κ1) is 19.3. The quantitative estimate of drug-likeness (QED) is 0.791. The van der Waals surface area contributed by atoms with Crippen molar-refractivity contribution in [2.24, 2.45) is 0 Å². The summed E-state index contributed by atoms with van der Waals surface area (Å²) in [5.41, 5.74) is 3.44. The molecule has 2 N–H and O–H groups in total. The van der Waals surface area contributed by atoms with Crippen molar-refractivity contribution in [2.45, 2.75) is 13.5 Å². The van der Waals surface area contributed by atoms with Crippen molar-refractivity contribution in [3.8, 4) is 17.6 Å². The Balaban J connectivity index is 1.98. The van der Waals surface area contributed by atoms with Crippen molar-refractivity contribution in [3.63, 3.8) is 0 Å². The summed E-state index contributed by atoms with van der Waals surface area (Å²) in [6.45, 7) is 3.03. The lowest BCUT2D eigenvalue weighted by atomic mass is 10.1. The molecule has 0 saturated carbocycles. The predicted molar refractivity (Wildman–Crippen MR) is 99.5 cm³/mol. The molecule has 0 aromatic heterocycles. The van der Waals surface area contributed by atoms with E-state index in [0.29, 0.717) is 35.8 Å². The number of nitriles is 1. The molecule has 6 nitrogen and oxygen atoms in total. The maximum atomic E-state index is 12.2. The summed E-state index contributed by atoms with van der Waals surface area (Å²) in [4.78, 5) is 13.3. The fourth-order valence-corrected chi connectivity index (χ4v) is 2.71. The van der Waals surface area contributed by atoms with Crippen LogP contribution in [-0.4, -0.2) is 33.7 Å². The molecule has 0 bridgehead atoms. The van der Waals surface area contributed by atoms with Gasteiger partial charge >= 0.3 is 0 Å². The van der Waals surface area contributed by atoms with Crippen LogP contribution in [0.3, 0.4) is 0 Å². The number of likely N-dealkylation sites (N-methyl/N-ethyl adjacent to an activating group) is 1. The van der Waals surface area contributed by atoms with Gasteiger partial charge in [0.2, 0.25) is 0 Å². The van der Waals surface area contributed by atoms with Gasteiger partial charge < -0.3 is 19.7 Å². The molecule has 1 amide bonds. The Hall–Kier alpha value is -3.04. The van der Waals surface area contributed by atoms with Crippen LogP contribution in [0.2, 0.25) is 0 Å². The van der Waals surface area contributed by atoms with Crippen LogP contribution in [0.1, 0.15) is 16.7 Å². The lowest BCUT2D eigenvalue weighted by Crippen LogP contribution is -3.08. The molecule has 6 heteroatoms. The van der Waals surface area contributed by atoms with Crippen LogP contribution in [0.5, 0.6) is 11.5 Å². The lowest BCUT2D eigenvalue weighted by Gasteiger charge is -2.17. The number of methoxy groups -OCH3 is 2. The molecule has 2 rings (SSSR count). The molecule has 0 fully saturated rings. The van der Waals surface area contributed by atoms with E-state index in [1.807, 2.05) is 26.1 Å². The second-order valence-electron chi connectivity index (χ2n) is 6.18. The minimum atomic E-state index is -0.0784. The van der Waals surface area contributed by atoms with Crippen LogP contribution in [-0.2, 0) is 11.3 Å². The van der Waals surface area contributed by atoms with Gasteiger partial charge in [0.15, 0.2) is 18.0 Å². The topological polar surface area (TPSA) is 75.8 Å². The third-order valence-corrected chi connectivity index (χ3v) is 4.09. The Kier molecular flexibility index (Phi) is 6.59. The highest BCUT2D eigenvalue weighted by Gasteiger charge is 2.15. The van der Waals surface area contributed by atoms with Crippen molar-refractivity contribution in [2.75, 3.05) is 33.1 Å². The van der Waals surface area contributed by atoms with E-state index < -0.39 is 0 Å². The van der Waals surface area contributed by atoms with E-state index in [-0.39, 0.29) is 5.91 Å². The molecule has 0 radical (unpaired) electrons. The molecular formula is C20H24N3O3+. The van der Waals surface area contributed by atoms with Crippen LogP contribution < -0.4 is 19.7 Å². The molecule has 0 spiro atoms. The number of amides is 1. The van der Waals surface area contributed by atoms with Crippen molar-refractivity contribution in [1.82, 2.24) is 0 Å². The van der Waals surface area contributed by atoms with Crippen molar-refractivity contribution >= 4 is 11.6 Å². The molecule has 0 heterocycles. The Morgan fingerprint density at radius 2 is 1.77 bits per heavy atom. The first-order chi connectivity index (χ1) is 12.5. The van der Waals surface area contributed by atoms with E-state index in [9.17, 15) is 4.79 Å². The predicted octanol–water partition coefficient (Wildman–Crippen LogP) is 1.54.